The number of aliphatic hydroxyl groups is 1. The van der Waals surface area contributed by atoms with Crippen molar-refractivity contribution in [3.8, 4) is 0 Å². The minimum atomic E-state index is -0.185. The number of hydrogen-bond donors (Lipinski definition) is 3. The topological polar surface area (TPSA) is 61.4 Å². The zero-order valence-electron chi connectivity index (χ0n) is 11.8. The molecule has 1 fully saturated rings. The average molecular weight is 329 g/mol. The van der Waals surface area contributed by atoms with E-state index in [-0.39, 0.29) is 12.1 Å². The lowest BCUT2D eigenvalue weighted by Gasteiger charge is -2.11. The first-order valence-corrected chi connectivity index (χ1v) is 8.58. The second kappa shape index (κ2) is 8.51. The van der Waals surface area contributed by atoms with Crippen molar-refractivity contribution in [2.75, 3.05) is 18.8 Å². The molecule has 0 heterocycles. The maximum absolute atomic E-state index is 11.6. The molecule has 1 aliphatic rings. The van der Waals surface area contributed by atoms with Gasteiger partial charge in [0.25, 0.3) is 0 Å². The fourth-order valence-electron chi connectivity index (χ4n) is 2.40. The number of halogens is 1. The van der Waals surface area contributed by atoms with E-state index >= 15 is 0 Å². The van der Waals surface area contributed by atoms with Crippen molar-refractivity contribution in [3.05, 3.63) is 29.3 Å². The largest absolute Gasteiger partial charge is 0.393 e. The Bertz CT molecular complexity index is 455. The van der Waals surface area contributed by atoms with E-state index in [1.54, 1.807) is 11.8 Å². The van der Waals surface area contributed by atoms with Crippen LogP contribution in [0.5, 0.6) is 0 Å². The van der Waals surface area contributed by atoms with Crippen molar-refractivity contribution in [1.82, 2.24) is 10.6 Å². The van der Waals surface area contributed by atoms with E-state index in [9.17, 15) is 9.90 Å². The van der Waals surface area contributed by atoms with Gasteiger partial charge in [0.1, 0.15) is 0 Å². The number of amides is 2. The second-order valence-corrected chi connectivity index (χ2v) is 6.88. The van der Waals surface area contributed by atoms with Gasteiger partial charge in [0.2, 0.25) is 0 Å². The highest BCUT2D eigenvalue weighted by Gasteiger charge is 2.22. The molecule has 2 rings (SSSR count). The average Bonchev–Trinajstić information content (AvgIpc) is 2.89. The monoisotopic (exact) mass is 328 g/mol. The summed E-state index contributed by atoms with van der Waals surface area (Å²) < 4.78 is 0. The molecule has 2 amide bonds. The van der Waals surface area contributed by atoms with Crippen LogP contribution in [0.15, 0.2) is 29.2 Å². The van der Waals surface area contributed by atoms with Crippen LogP contribution in [0.25, 0.3) is 0 Å². The van der Waals surface area contributed by atoms with Crippen LogP contribution in [-0.4, -0.2) is 36.1 Å². The summed E-state index contributed by atoms with van der Waals surface area (Å²) in [6.45, 7) is 1.26. The van der Waals surface area contributed by atoms with Gasteiger partial charge in [-0.1, -0.05) is 11.6 Å². The molecule has 0 saturated heterocycles. The van der Waals surface area contributed by atoms with Gasteiger partial charge in [0.15, 0.2) is 0 Å². The number of nitrogens with one attached hydrogen (secondary N) is 2. The zero-order chi connectivity index (χ0) is 15.1. The van der Waals surface area contributed by atoms with Crippen molar-refractivity contribution in [2.24, 2.45) is 5.92 Å². The molecule has 0 unspecified atom stereocenters. The SMILES string of the molecule is O=C(NCCSc1ccc(Cl)cc1)NC[C@@H]1CC[C@@H](O)C1. The summed E-state index contributed by atoms with van der Waals surface area (Å²) in [6, 6.07) is 7.53. The first-order valence-electron chi connectivity index (χ1n) is 7.21. The predicted octanol–water partition coefficient (Wildman–Crippen LogP) is 2.89. The number of hydrogen-bond acceptors (Lipinski definition) is 3. The lowest BCUT2D eigenvalue weighted by molar-refractivity contribution is 0.177. The summed E-state index contributed by atoms with van der Waals surface area (Å²) in [5.74, 6) is 1.23. The quantitative estimate of drug-likeness (QED) is 0.556. The third kappa shape index (κ3) is 6.16. The highest BCUT2D eigenvalue weighted by atomic mass is 35.5. The van der Waals surface area contributed by atoms with E-state index in [0.29, 0.717) is 19.0 Å². The molecule has 0 bridgehead atoms. The van der Waals surface area contributed by atoms with E-state index in [1.165, 1.54) is 0 Å². The van der Waals surface area contributed by atoms with Crippen LogP contribution in [0.1, 0.15) is 19.3 Å². The van der Waals surface area contributed by atoms with Crippen molar-refractivity contribution >= 4 is 29.4 Å². The fourth-order valence-corrected chi connectivity index (χ4v) is 3.29. The Labute approximate surface area is 134 Å². The molecule has 1 aliphatic carbocycles. The Morgan fingerprint density at radius 2 is 2.05 bits per heavy atom. The van der Waals surface area contributed by atoms with E-state index in [0.717, 1.165) is 34.9 Å². The molecule has 0 radical (unpaired) electrons. The molecule has 116 valence electrons. The van der Waals surface area contributed by atoms with Gasteiger partial charge in [-0.15, -0.1) is 11.8 Å². The van der Waals surface area contributed by atoms with E-state index < -0.39 is 0 Å². The summed E-state index contributed by atoms with van der Waals surface area (Å²) in [5.41, 5.74) is 0. The van der Waals surface area contributed by atoms with Crippen molar-refractivity contribution in [3.63, 3.8) is 0 Å². The van der Waals surface area contributed by atoms with Gasteiger partial charge in [-0.3, -0.25) is 0 Å². The smallest absolute Gasteiger partial charge is 0.314 e. The van der Waals surface area contributed by atoms with Crippen LogP contribution in [0.2, 0.25) is 5.02 Å². The summed E-state index contributed by atoms with van der Waals surface area (Å²) in [5, 5.41) is 15.9. The maximum Gasteiger partial charge on any atom is 0.314 e. The molecule has 1 aromatic carbocycles. The number of thioether (sulfide) groups is 1. The lowest BCUT2D eigenvalue weighted by Crippen LogP contribution is -2.38. The molecular weight excluding hydrogens is 308 g/mol. The third-order valence-electron chi connectivity index (χ3n) is 3.53. The molecule has 0 aliphatic heterocycles. The van der Waals surface area contributed by atoms with Crippen LogP contribution in [0.4, 0.5) is 4.79 Å². The normalized spacial score (nSPS) is 21.2. The Hall–Kier alpha value is -0.910. The minimum Gasteiger partial charge on any atom is -0.393 e. The molecule has 3 N–H and O–H groups in total. The Morgan fingerprint density at radius 1 is 1.29 bits per heavy atom. The number of benzene rings is 1. The number of urea groups is 1. The van der Waals surface area contributed by atoms with Crippen LogP contribution >= 0.6 is 23.4 Å². The molecule has 21 heavy (non-hydrogen) atoms. The zero-order valence-corrected chi connectivity index (χ0v) is 13.4. The molecule has 6 heteroatoms. The summed E-state index contributed by atoms with van der Waals surface area (Å²) >= 11 is 7.50. The van der Waals surface area contributed by atoms with Crippen LogP contribution in [0.3, 0.4) is 0 Å². The summed E-state index contributed by atoms with van der Waals surface area (Å²) in [6.07, 6.45) is 2.46. The Kier molecular flexibility index (Phi) is 6.67. The number of carbonyl (C=O) groups excluding carboxylic acids is 1. The third-order valence-corrected chi connectivity index (χ3v) is 4.80. The Balaban J connectivity index is 1.54. The molecule has 4 nitrogen and oxygen atoms in total. The van der Waals surface area contributed by atoms with E-state index in [4.69, 9.17) is 11.6 Å². The fraction of sp³-hybridized carbons (Fsp3) is 0.533. The summed E-state index contributed by atoms with van der Waals surface area (Å²) in [4.78, 5) is 12.8. The van der Waals surface area contributed by atoms with Gasteiger partial charge in [0.05, 0.1) is 6.10 Å². The van der Waals surface area contributed by atoms with Crippen LogP contribution in [0, 0.1) is 5.92 Å². The molecule has 2 atom stereocenters. The predicted molar refractivity (Wildman–Crippen MR) is 86.9 cm³/mol. The highest BCUT2D eigenvalue weighted by Crippen LogP contribution is 2.24. The van der Waals surface area contributed by atoms with Crippen LogP contribution in [-0.2, 0) is 0 Å². The number of aliphatic hydroxyl groups excluding tert-OH is 1. The van der Waals surface area contributed by atoms with Gasteiger partial charge in [0, 0.05) is 28.8 Å². The standard InChI is InChI=1S/C15H21ClN2O2S/c16-12-2-5-14(6-3-12)21-8-7-17-15(20)18-10-11-1-4-13(19)9-11/h2-3,5-6,11,13,19H,1,4,7-10H2,(H2,17,18,20)/t11-,13-/m1/s1. The van der Waals surface area contributed by atoms with Gasteiger partial charge >= 0.3 is 6.03 Å². The van der Waals surface area contributed by atoms with Gasteiger partial charge in [-0.05, 0) is 49.4 Å². The Morgan fingerprint density at radius 3 is 2.71 bits per heavy atom. The second-order valence-electron chi connectivity index (χ2n) is 5.27. The molecule has 1 saturated carbocycles. The van der Waals surface area contributed by atoms with Crippen molar-refractivity contribution < 1.29 is 9.90 Å². The van der Waals surface area contributed by atoms with E-state index in [1.807, 2.05) is 24.3 Å². The maximum atomic E-state index is 11.6. The van der Waals surface area contributed by atoms with Crippen molar-refractivity contribution in [2.45, 2.75) is 30.3 Å². The van der Waals surface area contributed by atoms with Gasteiger partial charge in [-0.2, -0.15) is 0 Å². The number of carbonyl (C=O) groups is 1. The lowest BCUT2D eigenvalue weighted by atomic mass is 10.1. The van der Waals surface area contributed by atoms with Gasteiger partial charge < -0.3 is 15.7 Å². The molecule has 0 spiro atoms. The molecular formula is C15H21ClN2O2S. The molecule has 1 aromatic rings. The van der Waals surface area contributed by atoms with Crippen LogP contribution < -0.4 is 10.6 Å². The number of rotatable bonds is 6. The summed E-state index contributed by atoms with van der Waals surface area (Å²) in [7, 11) is 0. The highest BCUT2D eigenvalue weighted by molar-refractivity contribution is 7.99. The van der Waals surface area contributed by atoms with E-state index in [2.05, 4.69) is 10.6 Å². The molecule has 0 aromatic heterocycles. The first-order chi connectivity index (χ1) is 10.1. The first kappa shape index (κ1) is 16.5. The minimum absolute atomic E-state index is 0.131. The van der Waals surface area contributed by atoms with Gasteiger partial charge in [-0.25, -0.2) is 4.79 Å². The van der Waals surface area contributed by atoms with Crippen molar-refractivity contribution in [1.29, 1.82) is 0 Å².